The molecule has 0 aliphatic rings. The molecule has 4 heteroatoms. The number of nitriles is 1. The molecule has 0 fully saturated rings. The molecule has 2 N–H and O–H groups in total. The maximum absolute atomic E-state index is 12.8. The van der Waals surface area contributed by atoms with Crippen LogP contribution in [0.4, 0.5) is 10.1 Å². The minimum Gasteiger partial charge on any atom is -0.398 e. The van der Waals surface area contributed by atoms with Crippen LogP contribution >= 0.6 is 0 Å². The molecule has 0 atom stereocenters. The molecule has 0 spiro atoms. The van der Waals surface area contributed by atoms with Gasteiger partial charge >= 0.3 is 0 Å². The number of aromatic nitrogens is 1. The zero-order valence-corrected chi connectivity index (χ0v) is 8.52. The lowest BCUT2D eigenvalue weighted by Gasteiger charge is -2.07. The lowest BCUT2D eigenvalue weighted by atomic mass is 10.2. The van der Waals surface area contributed by atoms with Gasteiger partial charge in [0.1, 0.15) is 17.6 Å². The van der Waals surface area contributed by atoms with Crippen LogP contribution in [0, 0.1) is 17.1 Å². The number of hydrogen-bond acceptors (Lipinski definition) is 2. The topological polar surface area (TPSA) is 54.7 Å². The van der Waals surface area contributed by atoms with Gasteiger partial charge in [0.2, 0.25) is 0 Å². The molecule has 0 aliphatic heterocycles. The van der Waals surface area contributed by atoms with Crippen molar-refractivity contribution >= 4 is 5.69 Å². The van der Waals surface area contributed by atoms with E-state index in [0.717, 1.165) is 5.56 Å². The van der Waals surface area contributed by atoms with Crippen molar-refractivity contribution in [2.45, 2.75) is 6.54 Å². The highest BCUT2D eigenvalue weighted by Gasteiger charge is 2.04. The number of rotatable bonds is 2. The lowest BCUT2D eigenvalue weighted by molar-refractivity contribution is 0.627. The Morgan fingerprint density at radius 3 is 2.88 bits per heavy atom. The second-order valence-electron chi connectivity index (χ2n) is 3.48. The molecule has 0 aliphatic carbocycles. The van der Waals surface area contributed by atoms with Crippen LogP contribution < -0.4 is 5.73 Å². The van der Waals surface area contributed by atoms with Crippen molar-refractivity contribution in [2.75, 3.05) is 5.73 Å². The summed E-state index contributed by atoms with van der Waals surface area (Å²) in [5.74, 6) is -0.353. The summed E-state index contributed by atoms with van der Waals surface area (Å²) in [6.45, 7) is 0.474. The highest BCUT2D eigenvalue weighted by atomic mass is 19.1. The zero-order valence-electron chi connectivity index (χ0n) is 8.52. The fourth-order valence-corrected chi connectivity index (χ4v) is 1.55. The number of nitrogen functional groups attached to an aromatic ring is 1. The summed E-state index contributed by atoms with van der Waals surface area (Å²) in [6, 6.07) is 9.86. The Labute approximate surface area is 92.5 Å². The third-order valence-electron chi connectivity index (χ3n) is 2.39. The molecule has 0 amide bonds. The first-order chi connectivity index (χ1) is 7.70. The van der Waals surface area contributed by atoms with Gasteiger partial charge in [-0.1, -0.05) is 6.07 Å². The van der Waals surface area contributed by atoms with E-state index >= 15 is 0 Å². The van der Waals surface area contributed by atoms with Gasteiger partial charge in [0, 0.05) is 11.9 Å². The summed E-state index contributed by atoms with van der Waals surface area (Å²) < 4.78 is 14.6. The van der Waals surface area contributed by atoms with E-state index in [4.69, 9.17) is 11.0 Å². The first kappa shape index (κ1) is 10.2. The van der Waals surface area contributed by atoms with E-state index in [1.807, 2.05) is 0 Å². The van der Waals surface area contributed by atoms with Crippen molar-refractivity contribution in [2.24, 2.45) is 0 Å². The molecular weight excluding hydrogens is 205 g/mol. The molecule has 0 unspecified atom stereocenters. The van der Waals surface area contributed by atoms with Gasteiger partial charge in [-0.05, 0) is 29.8 Å². The van der Waals surface area contributed by atoms with Gasteiger partial charge in [-0.25, -0.2) is 4.39 Å². The fraction of sp³-hybridized carbons (Fsp3) is 0.0833. The summed E-state index contributed by atoms with van der Waals surface area (Å²) in [7, 11) is 0. The van der Waals surface area contributed by atoms with Crippen LogP contribution in [0.1, 0.15) is 11.3 Å². The molecule has 0 saturated heterocycles. The second-order valence-corrected chi connectivity index (χ2v) is 3.48. The van der Waals surface area contributed by atoms with Crippen LogP contribution in [0.25, 0.3) is 0 Å². The van der Waals surface area contributed by atoms with Crippen molar-refractivity contribution in [3.8, 4) is 6.07 Å². The molecule has 0 saturated carbocycles. The SMILES string of the molecule is N#Cc1cccn1Cc1ccc(F)cc1N. The Morgan fingerprint density at radius 1 is 1.38 bits per heavy atom. The normalized spacial score (nSPS) is 10.0. The fourth-order valence-electron chi connectivity index (χ4n) is 1.55. The van der Waals surface area contributed by atoms with Crippen LogP contribution in [0.3, 0.4) is 0 Å². The van der Waals surface area contributed by atoms with E-state index in [1.165, 1.54) is 12.1 Å². The standard InChI is InChI=1S/C12H10FN3/c13-10-4-3-9(12(15)6-10)8-16-5-1-2-11(16)7-14/h1-6H,8,15H2. The van der Waals surface area contributed by atoms with Crippen LogP contribution in [0.2, 0.25) is 0 Å². The predicted molar refractivity (Wildman–Crippen MR) is 59.1 cm³/mol. The number of nitrogens with two attached hydrogens (primary N) is 1. The summed E-state index contributed by atoms with van der Waals surface area (Å²) in [5.41, 5.74) is 7.45. The molecule has 1 heterocycles. The average Bonchev–Trinajstić information content (AvgIpc) is 2.69. The van der Waals surface area contributed by atoms with Crippen molar-refractivity contribution in [3.05, 3.63) is 53.6 Å². The Morgan fingerprint density at radius 2 is 2.19 bits per heavy atom. The van der Waals surface area contributed by atoms with E-state index < -0.39 is 0 Å². The second kappa shape index (κ2) is 4.07. The molecule has 1 aromatic carbocycles. The van der Waals surface area contributed by atoms with Crippen LogP contribution in [0.15, 0.2) is 36.5 Å². The highest BCUT2D eigenvalue weighted by Crippen LogP contribution is 2.15. The average molecular weight is 215 g/mol. The van der Waals surface area contributed by atoms with Gasteiger partial charge < -0.3 is 10.3 Å². The predicted octanol–water partition coefficient (Wildman–Crippen LogP) is 2.13. The molecule has 16 heavy (non-hydrogen) atoms. The molecule has 2 aromatic rings. The van der Waals surface area contributed by atoms with Gasteiger partial charge in [0.05, 0.1) is 6.54 Å². The molecule has 3 nitrogen and oxygen atoms in total. The maximum atomic E-state index is 12.8. The van der Waals surface area contributed by atoms with Crippen molar-refractivity contribution in [1.82, 2.24) is 4.57 Å². The van der Waals surface area contributed by atoms with E-state index in [1.54, 1.807) is 29.0 Å². The first-order valence-corrected chi connectivity index (χ1v) is 4.80. The molecule has 80 valence electrons. The number of anilines is 1. The lowest BCUT2D eigenvalue weighted by Crippen LogP contribution is -2.04. The van der Waals surface area contributed by atoms with Gasteiger partial charge in [-0.2, -0.15) is 5.26 Å². The van der Waals surface area contributed by atoms with Gasteiger partial charge in [-0.3, -0.25) is 0 Å². The van der Waals surface area contributed by atoms with Crippen molar-refractivity contribution < 1.29 is 4.39 Å². The van der Waals surface area contributed by atoms with Crippen LogP contribution in [0.5, 0.6) is 0 Å². The molecule has 2 rings (SSSR count). The summed E-state index contributed by atoms with van der Waals surface area (Å²) in [4.78, 5) is 0. The van der Waals surface area contributed by atoms with Crippen molar-refractivity contribution in [1.29, 1.82) is 5.26 Å². The number of halogens is 1. The van der Waals surface area contributed by atoms with Crippen LogP contribution in [-0.4, -0.2) is 4.57 Å². The Bertz CT molecular complexity index is 552. The third kappa shape index (κ3) is 1.89. The minimum absolute atomic E-state index is 0.353. The number of benzene rings is 1. The Balaban J connectivity index is 2.31. The van der Waals surface area contributed by atoms with Gasteiger partial charge in [0.25, 0.3) is 0 Å². The molecular formula is C12H10FN3. The van der Waals surface area contributed by atoms with Crippen molar-refractivity contribution in [3.63, 3.8) is 0 Å². The number of nitrogens with zero attached hydrogens (tertiary/aromatic N) is 2. The first-order valence-electron chi connectivity index (χ1n) is 4.80. The van der Waals surface area contributed by atoms with E-state index in [-0.39, 0.29) is 5.82 Å². The maximum Gasteiger partial charge on any atom is 0.125 e. The minimum atomic E-state index is -0.353. The third-order valence-corrected chi connectivity index (χ3v) is 2.39. The highest BCUT2D eigenvalue weighted by molar-refractivity contribution is 5.47. The Hall–Kier alpha value is -2.28. The summed E-state index contributed by atoms with van der Waals surface area (Å²) in [6.07, 6.45) is 1.79. The molecule has 0 radical (unpaired) electrons. The zero-order chi connectivity index (χ0) is 11.5. The summed E-state index contributed by atoms with van der Waals surface area (Å²) >= 11 is 0. The quantitative estimate of drug-likeness (QED) is 0.780. The van der Waals surface area contributed by atoms with Crippen LogP contribution in [-0.2, 0) is 6.54 Å². The van der Waals surface area contributed by atoms with E-state index in [2.05, 4.69) is 6.07 Å². The molecule has 1 aromatic heterocycles. The monoisotopic (exact) mass is 215 g/mol. The van der Waals surface area contributed by atoms with E-state index in [9.17, 15) is 4.39 Å². The van der Waals surface area contributed by atoms with Gasteiger partial charge in [0.15, 0.2) is 0 Å². The summed E-state index contributed by atoms with van der Waals surface area (Å²) in [5, 5.41) is 8.84. The van der Waals surface area contributed by atoms with Gasteiger partial charge in [-0.15, -0.1) is 0 Å². The smallest absolute Gasteiger partial charge is 0.125 e. The Kier molecular flexibility index (Phi) is 2.61. The molecule has 0 bridgehead atoms. The largest absolute Gasteiger partial charge is 0.398 e. The van der Waals surface area contributed by atoms with E-state index in [0.29, 0.717) is 17.9 Å². The number of hydrogen-bond donors (Lipinski definition) is 1.